The molecule has 12 heteroatoms. The Morgan fingerprint density at radius 2 is 1.86 bits per heavy atom. The maximum absolute atomic E-state index is 12.4. The summed E-state index contributed by atoms with van der Waals surface area (Å²) in [6.07, 6.45) is -1.16. The normalized spacial score (nSPS) is 16.7. The summed E-state index contributed by atoms with van der Waals surface area (Å²) in [6, 6.07) is 9.85. The van der Waals surface area contributed by atoms with E-state index in [4.69, 9.17) is 42.3 Å². The number of carbonyl (C=O) groups is 2. The number of hydrogen-bond acceptors (Lipinski definition) is 8. The minimum atomic E-state index is -1.23. The van der Waals surface area contributed by atoms with Crippen LogP contribution in [0.25, 0.3) is 0 Å². The van der Waals surface area contributed by atoms with Gasteiger partial charge in [0.15, 0.2) is 5.60 Å². The van der Waals surface area contributed by atoms with Crippen molar-refractivity contribution in [1.29, 1.82) is 0 Å². The third kappa shape index (κ3) is 7.86. The molecule has 2 atom stereocenters. The fraction of sp³-hybridized carbons (Fsp3) is 0.440. The number of hydrogen-bond donors (Lipinski definition) is 3. The summed E-state index contributed by atoms with van der Waals surface area (Å²) in [4.78, 5) is 30.1. The number of nitrogens with one attached hydrogen (secondary N) is 2. The zero-order valence-corrected chi connectivity index (χ0v) is 22.6. The first-order chi connectivity index (χ1) is 17.5. The average molecular weight is 556 g/mol. The van der Waals surface area contributed by atoms with Crippen LogP contribution in [0.4, 0.5) is 0 Å². The van der Waals surface area contributed by atoms with E-state index in [1.165, 1.54) is 26.2 Å². The lowest BCUT2D eigenvalue weighted by atomic mass is 10.1. The van der Waals surface area contributed by atoms with Gasteiger partial charge in [-0.25, -0.2) is 0 Å². The quantitative estimate of drug-likeness (QED) is 0.387. The highest BCUT2D eigenvalue weighted by molar-refractivity contribution is 6.32. The van der Waals surface area contributed by atoms with Gasteiger partial charge in [-0.3, -0.25) is 14.4 Å². The molecule has 1 aliphatic heterocycles. The van der Waals surface area contributed by atoms with Gasteiger partial charge in [0.25, 0.3) is 11.8 Å². The SMILES string of the molecule is CNC(=O)c1cc(Cl)c(OC(C)(C)C(=O)NC)cc1OC[C@H](O)CN1C[C@@H](Oc2ccc(Cl)cc2)CO1. The minimum Gasteiger partial charge on any atom is -0.490 e. The van der Waals surface area contributed by atoms with Crippen LogP contribution in [0.2, 0.25) is 10.0 Å². The van der Waals surface area contributed by atoms with Gasteiger partial charge in [0, 0.05) is 25.2 Å². The van der Waals surface area contributed by atoms with Gasteiger partial charge in [-0.2, -0.15) is 5.06 Å². The number of amides is 2. The predicted octanol–water partition coefficient (Wildman–Crippen LogP) is 2.69. The standard InChI is InChI=1S/C25H31Cl2N3O7/c1-25(2,24(33)29-4)37-22-10-21(19(9-20(22)27)23(32)28-3)34-13-16(31)11-30-12-18(14-35-30)36-17-7-5-15(26)6-8-17/h5-10,16,18,31H,11-14H2,1-4H3,(H,28,32)(H,29,33)/t16-,18-/m1/s1. The summed E-state index contributed by atoms with van der Waals surface area (Å²) in [5.41, 5.74) is -1.08. The zero-order chi connectivity index (χ0) is 27.2. The lowest BCUT2D eigenvalue weighted by Gasteiger charge is -2.26. The fourth-order valence-electron chi connectivity index (χ4n) is 3.57. The smallest absolute Gasteiger partial charge is 0.263 e. The van der Waals surface area contributed by atoms with Crippen molar-refractivity contribution < 1.29 is 33.7 Å². The second-order valence-electron chi connectivity index (χ2n) is 8.85. The van der Waals surface area contributed by atoms with Gasteiger partial charge in [0.1, 0.15) is 42.7 Å². The van der Waals surface area contributed by atoms with Crippen LogP contribution in [-0.4, -0.2) is 80.2 Å². The van der Waals surface area contributed by atoms with Crippen LogP contribution in [0.3, 0.4) is 0 Å². The number of ether oxygens (including phenoxy) is 3. The molecule has 3 N–H and O–H groups in total. The number of benzene rings is 2. The third-order valence-corrected chi connectivity index (χ3v) is 6.00. The number of carbonyl (C=O) groups excluding carboxylic acids is 2. The second kappa shape index (κ2) is 12.7. The minimum absolute atomic E-state index is 0.126. The molecule has 2 aromatic rings. The molecule has 0 aromatic heterocycles. The van der Waals surface area contributed by atoms with Crippen molar-refractivity contribution in [3.63, 3.8) is 0 Å². The van der Waals surface area contributed by atoms with Gasteiger partial charge in [-0.15, -0.1) is 0 Å². The first-order valence-electron chi connectivity index (χ1n) is 11.6. The highest BCUT2D eigenvalue weighted by Gasteiger charge is 2.31. The van der Waals surface area contributed by atoms with E-state index in [0.717, 1.165) is 0 Å². The molecule has 2 amide bonds. The number of β-amino-alcohol motifs (C(OH)–C–C–N with tert-alkyl or cyclic N) is 1. The molecule has 37 heavy (non-hydrogen) atoms. The molecule has 1 saturated heterocycles. The molecule has 0 saturated carbocycles. The van der Waals surface area contributed by atoms with Gasteiger partial charge >= 0.3 is 0 Å². The molecule has 1 fully saturated rings. The van der Waals surface area contributed by atoms with E-state index >= 15 is 0 Å². The molecule has 0 aliphatic carbocycles. The number of nitrogens with zero attached hydrogens (tertiary/aromatic N) is 1. The topological polar surface area (TPSA) is 119 Å². The summed E-state index contributed by atoms with van der Waals surface area (Å²) < 4.78 is 17.5. The van der Waals surface area contributed by atoms with Crippen molar-refractivity contribution in [3.05, 3.63) is 52.0 Å². The van der Waals surface area contributed by atoms with Gasteiger partial charge in [0.05, 0.1) is 23.7 Å². The van der Waals surface area contributed by atoms with Crippen molar-refractivity contribution in [2.24, 2.45) is 0 Å². The van der Waals surface area contributed by atoms with Gasteiger partial charge in [0.2, 0.25) is 0 Å². The largest absolute Gasteiger partial charge is 0.490 e. The maximum Gasteiger partial charge on any atom is 0.263 e. The molecule has 0 radical (unpaired) electrons. The lowest BCUT2D eigenvalue weighted by Crippen LogP contribution is -2.45. The van der Waals surface area contributed by atoms with E-state index in [9.17, 15) is 14.7 Å². The average Bonchev–Trinajstić information content (AvgIpc) is 3.30. The Labute approximate surface area is 225 Å². The predicted molar refractivity (Wildman–Crippen MR) is 139 cm³/mol. The van der Waals surface area contributed by atoms with Crippen LogP contribution in [0, 0.1) is 0 Å². The van der Waals surface area contributed by atoms with Gasteiger partial charge in [-0.1, -0.05) is 23.2 Å². The van der Waals surface area contributed by atoms with E-state index in [1.54, 1.807) is 43.2 Å². The number of aliphatic hydroxyl groups excluding tert-OH is 1. The molecular formula is C25H31Cl2N3O7. The highest BCUT2D eigenvalue weighted by Crippen LogP contribution is 2.35. The van der Waals surface area contributed by atoms with Crippen LogP contribution in [-0.2, 0) is 9.63 Å². The Bertz CT molecular complexity index is 1100. The van der Waals surface area contributed by atoms with Crippen molar-refractivity contribution in [3.8, 4) is 17.2 Å². The fourth-order valence-corrected chi connectivity index (χ4v) is 3.89. The highest BCUT2D eigenvalue weighted by atomic mass is 35.5. The third-order valence-electron chi connectivity index (χ3n) is 5.46. The molecule has 0 bridgehead atoms. The first-order valence-corrected chi connectivity index (χ1v) is 12.4. The van der Waals surface area contributed by atoms with Crippen LogP contribution in [0.1, 0.15) is 24.2 Å². The molecule has 10 nitrogen and oxygen atoms in total. The monoisotopic (exact) mass is 555 g/mol. The first kappa shape index (κ1) is 28.8. The Morgan fingerprint density at radius 1 is 1.16 bits per heavy atom. The Balaban J connectivity index is 1.62. The van der Waals surface area contributed by atoms with Crippen LogP contribution < -0.4 is 24.8 Å². The summed E-state index contributed by atoms with van der Waals surface area (Å²) in [7, 11) is 2.97. The van der Waals surface area contributed by atoms with Crippen molar-refractivity contribution in [1.82, 2.24) is 15.7 Å². The van der Waals surface area contributed by atoms with E-state index in [-0.39, 0.29) is 47.2 Å². The van der Waals surface area contributed by atoms with Crippen LogP contribution in [0.5, 0.6) is 17.2 Å². The molecule has 1 aliphatic rings. The van der Waals surface area contributed by atoms with Crippen LogP contribution >= 0.6 is 23.2 Å². The van der Waals surface area contributed by atoms with E-state index in [1.807, 2.05) is 0 Å². The molecular weight excluding hydrogens is 525 g/mol. The van der Waals surface area contributed by atoms with E-state index < -0.39 is 17.6 Å². The number of aliphatic hydroxyl groups is 1. The number of likely N-dealkylation sites (N-methyl/N-ethyl adjacent to an activating group) is 1. The molecule has 0 spiro atoms. The Morgan fingerprint density at radius 3 is 2.51 bits per heavy atom. The maximum atomic E-state index is 12.4. The van der Waals surface area contributed by atoms with Crippen molar-refractivity contribution in [2.45, 2.75) is 31.7 Å². The summed E-state index contributed by atoms with van der Waals surface area (Å²) in [5, 5.41) is 18.0. The molecule has 0 unspecified atom stereocenters. The van der Waals surface area contributed by atoms with Crippen LogP contribution in [0.15, 0.2) is 36.4 Å². The molecule has 2 aromatic carbocycles. The number of halogens is 2. The summed E-state index contributed by atoms with van der Waals surface area (Å²) in [6.45, 7) is 3.94. The Hall–Kier alpha value is -2.76. The second-order valence-corrected chi connectivity index (χ2v) is 9.69. The number of rotatable bonds is 11. The summed E-state index contributed by atoms with van der Waals surface area (Å²) >= 11 is 12.2. The van der Waals surface area contributed by atoms with Gasteiger partial charge < -0.3 is 30.0 Å². The molecule has 1 heterocycles. The zero-order valence-electron chi connectivity index (χ0n) is 21.0. The summed E-state index contributed by atoms with van der Waals surface area (Å²) in [5.74, 6) is 0.162. The number of hydroxylamine groups is 2. The molecule has 3 rings (SSSR count). The van der Waals surface area contributed by atoms with E-state index in [2.05, 4.69) is 10.6 Å². The lowest BCUT2D eigenvalue weighted by molar-refractivity contribution is -0.133. The van der Waals surface area contributed by atoms with E-state index in [0.29, 0.717) is 23.9 Å². The Kier molecular flexibility index (Phi) is 9.86. The van der Waals surface area contributed by atoms with Crippen molar-refractivity contribution >= 4 is 35.0 Å². The van der Waals surface area contributed by atoms with Crippen molar-refractivity contribution in [2.75, 3.05) is 40.4 Å². The molecule has 202 valence electrons. The van der Waals surface area contributed by atoms with Gasteiger partial charge in [-0.05, 0) is 44.2 Å².